The van der Waals surface area contributed by atoms with Crippen LogP contribution in [0.25, 0.3) is 5.69 Å². The number of amides is 1. The third kappa shape index (κ3) is 4.47. The second-order valence-corrected chi connectivity index (χ2v) is 7.02. The van der Waals surface area contributed by atoms with Gasteiger partial charge in [-0.25, -0.2) is 4.68 Å². The highest BCUT2D eigenvalue weighted by atomic mass is 16.1. The van der Waals surface area contributed by atoms with Crippen molar-refractivity contribution in [1.82, 2.24) is 20.1 Å². The molecular weight excluding hydrogens is 348 g/mol. The van der Waals surface area contributed by atoms with Gasteiger partial charge in [-0.3, -0.25) is 9.78 Å². The molecule has 0 aliphatic rings. The zero-order chi connectivity index (χ0) is 19.9. The first kappa shape index (κ1) is 19.8. The lowest BCUT2D eigenvalue weighted by Gasteiger charge is -2.10. The molecule has 2 aromatic heterocycles. The summed E-state index contributed by atoms with van der Waals surface area (Å²) < 4.78 is 1.95. The standard InChI is InChI=1S/C23H28N4O/c1-4-8-20-22(23(28)25-16-18-10-6-7-15-24-18)21(9-5-2)27(26-20)19-13-11-17(3)12-14-19/h6-7,10-15H,4-5,8-9,16H2,1-3H3,(H,25,28). The summed E-state index contributed by atoms with van der Waals surface area (Å²) >= 11 is 0. The molecule has 1 N–H and O–H groups in total. The van der Waals surface area contributed by atoms with E-state index in [9.17, 15) is 4.79 Å². The molecule has 5 heteroatoms. The normalized spacial score (nSPS) is 10.8. The number of nitrogens with zero attached hydrogens (tertiary/aromatic N) is 3. The van der Waals surface area contributed by atoms with Crippen LogP contribution in [0.15, 0.2) is 48.7 Å². The fourth-order valence-electron chi connectivity index (χ4n) is 3.31. The Hall–Kier alpha value is -2.95. The van der Waals surface area contributed by atoms with Gasteiger partial charge in [0.25, 0.3) is 5.91 Å². The van der Waals surface area contributed by atoms with Crippen molar-refractivity contribution in [2.24, 2.45) is 0 Å². The van der Waals surface area contributed by atoms with E-state index in [1.54, 1.807) is 6.20 Å². The summed E-state index contributed by atoms with van der Waals surface area (Å²) in [5, 5.41) is 7.87. The molecule has 2 heterocycles. The quantitative estimate of drug-likeness (QED) is 0.633. The Bertz CT molecular complexity index is 914. The van der Waals surface area contributed by atoms with Gasteiger partial charge in [0.15, 0.2) is 0 Å². The number of pyridine rings is 1. The highest BCUT2D eigenvalue weighted by Crippen LogP contribution is 2.22. The lowest BCUT2D eigenvalue weighted by Crippen LogP contribution is -2.25. The molecule has 28 heavy (non-hydrogen) atoms. The van der Waals surface area contributed by atoms with E-state index in [4.69, 9.17) is 5.10 Å². The molecule has 0 aliphatic heterocycles. The summed E-state index contributed by atoms with van der Waals surface area (Å²) in [7, 11) is 0. The van der Waals surface area contributed by atoms with Crippen LogP contribution >= 0.6 is 0 Å². The number of nitrogens with one attached hydrogen (secondary N) is 1. The summed E-state index contributed by atoms with van der Waals surface area (Å²) in [5.74, 6) is -0.0732. The summed E-state index contributed by atoms with van der Waals surface area (Å²) in [6.45, 7) is 6.72. The van der Waals surface area contributed by atoms with E-state index < -0.39 is 0 Å². The molecule has 0 saturated carbocycles. The average Bonchev–Trinajstić information content (AvgIpc) is 3.06. The lowest BCUT2D eigenvalue weighted by molar-refractivity contribution is 0.0948. The zero-order valence-corrected chi connectivity index (χ0v) is 16.9. The van der Waals surface area contributed by atoms with Crippen molar-refractivity contribution >= 4 is 5.91 Å². The van der Waals surface area contributed by atoms with Crippen LogP contribution in [0.1, 0.15) is 59.7 Å². The lowest BCUT2D eigenvalue weighted by atomic mass is 10.1. The largest absolute Gasteiger partial charge is 0.346 e. The molecule has 0 spiro atoms. The Kier molecular flexibility index (Phi) is 6.58. The van der Waals surface area contributed by atoms with E-state index in [1.807, 2.05) is 22.9 Å². The number of rotatable bonds is 8. The molecule has 0 bridgehead atoms. The number of hydrogen-bond acceptors (Lipinski definition) is 3. The van der Waals surface area contributed by atoms with Crippen molar-refractivity contribution in [2.75, 3.05) is 0 Å². The first-order chi connectivity index (χ1) is 13.6. The van der Waals surface area contributed by atoms with Crippen molar-refractivity contribution < 1.29 is 4.79 Å². The molecule has 146 valence electrons. The summed E-state index contributed by atoms with van der Waals surface area (Å²) in [4.78, 5) is 17.4. The minimum absolute atomic E-state index is 0.0732. The maximum absolute atomic E-state index is 13.1. The monoisotopic (exact) mass is 376 g/mol. The number of carbonyl (C=O) groups excluding carboxylic acids is 1. The van der Waals surface area contributed by atoms with Crippen LogP contribution in [0.5, 0.6) is 0 Å². The Balaban J connectivity index is 1.97. The van der Waals surface area contributed by atoms with Crippen LogP contribution in [-0.4, -0.2) is 20.7 Å². The smallest absolute Gasteiger partial charge is 0.255 e. The van der Waals surface area contributed by atoms with Gasteiger partial charge in [0.1, 0.15) is 0 Å². The second-order valence-electron chi connectivity index (χ2n) is 7.02. The van der Waals surface area contributed by atoms with Gasteiger partial charge in [-0.15, -0.1) is 0 Å². The molecule has 0 unspecified atom stereocenters. The maximum Gasteiger partial charge on any atom is 0.255 e. The van der Waals surface area contributed by atoms with Crippen molar-refractivity contribution in [1.29, 1.82) is 0 Å². The SMILES string of the molecule is CCCc1nn(-c2ccc(C)cc2)c(CCC)c1C(=O)NCc1ccccn1. The molecule has 1 aromatic carbocycles. The van der Waals surface area contributed by atoms with Gasteiger partial charge in [0.05, 0.1) is 34.9 Å². The highest BCUT2D eigenvalue weighted by molar-refractivity contribution is 5.96. The van der Waals surface area contributed by atoms with Crippen LogP contribution < -0.4 is 5.32 Å². The Morgan fingerprint density at radius 3 is 2.43 bits per heavy atom. The van der Waals surface area contributed by atoms with Crippen molar-refractivity contribution in [3.63, 3.8) is 0 Å². The minimum atomic E-state index is -0.0732. The highest BCUT2D eigenvalue weighted by Gasteiger charge is 2.23. The number of hydrogen-bond donors (Lipinski definition) is 1. The molecule has 3 rings (SSSR count). The molecule has 5 nitrogen and oxygen atoms in total. The third-order valence-corrected chi connectivity index (χ3v) is 4.69. The van der Waals surface area contributed by atoms with Gasteiger partial charge in [0, 0.05) is 6.20 Å². The van der Waals surface area contributed by atoms with Crippen molar-refractivity contribution in [3.05, 3.63) is 76.9 Å². The summed E-state index contributed by atoms with van der Waals surface area (Å²) in [5.41, 5.74) is 5.61. The van der Waals surface area contributed by atoms with Crippen LogP contribution in [0.4, 0.5) is 0 Å². The van der Waals surface area contributed by atoms with Gasteiger partial charge in [0.2, 0.25) is 0 Å². The van der Waals surface area contributed by atoms with Crippen LogP contribution in [-0.2, 0) is 19.4 Å². The summed E-state index contributed by atoms with van der Waals surface area (Å²) in [6.07, 6.45) is 5.21. The zero-order valence-electron chi connectivity index (χ0n) is 16.9. The molecule has 1 amide bonds. The molecule has 0 aliphatic carbocycles. The van der Waals surface area contributed by atoms with Gasteiger partial charge < -0.3 is 5.32 Å². The predicted molar refractivity (Wildman–Crippen MR) is 112 cm³/mol. The minimum Gasteiger partial charge on any atom is -0.346 e. The van der Waals surface area contributed by atoms with E-state index >= 15 is 0 Å². The first-order valence-corrected chi connectivity index (χ1v) is 10.00. The Labute approximate surface area is 166 Å². The van der Waals surface area contributed by atoms with Gasteiger partial charge >= 0.3 is 0 Å². The van der Waals surface area contributed by atoms with Crippen LogP contribution in [0.2, 0.25) is 0 Å². The number of aryl methyl sites for hydroxylation is 2. The fraction of sp³-hybridized carbons (Fsp3) is 0.348. The number of aromatic nitrogens is 3. The Morgan fingerprint density at radius 2 is 1.79 bits per heavy atom. The molecule has 0 saturated heterocycles. The molecule has 3 aromatic rings. The van der Waals surface area contributed by atoms with E-state index in [2.05, 4.69) is 55.3 Å². The van der Waals surface area contributed by atoms with E-state index in [0.29, 0.717) is 6.54 Å². The van der Waals surface area contributed by atoms with Gasteiger partial charge in [-0.1, -0.05) is 50.5 Å². The predicted octanol–water partition coefficient (Wildman–Crippen LogP) is 4.41. The topological polar surface area (TPSA) is 59.8 Å². The van der Waals surface area contributed by atoms with Crippen LogP contribution in [0.3, 0.4) is 0 Å². The molecule has 0 fully saturated rings. The number of benzene rings is 1. The molecular formula is C23H28N4O. The van der Waals surface area contributed by atoms with Crippen LogP contribution in [0, 0.1) is 6.92 Å². The van der Waals surface area contributed by atoms with Crippen molar-refractivity contribution in [3.8, 4) is 5.69 Å². The van der Waals surface area contributed by atoms with Gasteiger partial charge in [-0.05, 0) is 44.0 Å². The first-order valence-electron chi connectivity index (χ1n) is 10.00. The van der Waals surface area contributed by atoms with Crippen molar-refractivity contribution in [2.45, 2.75) is 53.0 Å². The fourth-order valence-corrected chi connectivity index (χ4v) is 3.31. The number of carbonyl (C=O) groups is 1. The van der Waals surface area contributed by atoms with E-state index in [-0.39, 0.29) is 5.91 Å². The Morgan fingerprint density at radius 1 is 1.04 bits per heavy atom. The second kappa shape index (κ2) is 9.31. The van der Waals surface area contributed by atoms with Gasteiger partial charge in [-0.2, -0.15) is 5.10 Å². The summed E-state index contributed by atoms with van der Waals surface area (Å²) in [6, 6.07) is 14.0. The average molecular weight is 377 g/mol. The third-order valence-electron chi connectivity index (χ3n) is 4.69. The molecule has 0 radical (unpaired) electrons. The molecule has 0 atom stereocenters. The van der Waals surface area contributed by atoms with E-state index in [0.717, 1.165) is 54.0 Å². The van der Waals surface area contributed by atoms with E-state index in [1.165, 1.54) is 5.56 Å². The maximum atomic E-state index is 13.1.